The molecule has 1 aromatic carbocycles. The molecule has 1 fully saturated rings. The number of carbonyl (C=O) groups excluding carboxylic acids is 1. The highest BCUT2D eigenvalue weighted by Crippen LogP contribution is 2.40. The third kappa shape index (κ3) is 3.38. The van der Waals surface area contributed by atoms with Crippen molar-refractivity contribution in [2.45, 2.75) is 18.8 Å². The Kier molecular flexibility index (Phi) is 4.52. The van der Waals surface area contributed by atoms with Gasteiger partial charge in [0.05, 0.1) is 16.3 Å². The minimum atomic E-state index is -1.09. The van der Waals surface area contributed by atoms with Gasteiger partial charge in [0.15, 0.2) is 5.01 Å². The molecule has 0 aliphatic heterocycles. The Morgan fingerprint density at radius 3 is 2.54 bits per heavy atom. The van der Waals surface area contributed by atoms with Crippen LogP contribution in [0.15, 0.2) is 35.0 Å². The Labute approximate surface area is 162 Å². The van der Waals surface area contributed by atoms with Crippen LogP contribution in [0, 0.1) is 0 Å². The number of amides is 1. The highest BCUT2D eigenvalue weighted by molar-refractivity contribution is 7.14. The summed E-state index contributed by atoms with van der Waals surface area (Å²) >= 11 is 8.44. The van der Waals surface area contributed by atoms with Crippen LogP contribution in [0.3, 0.4) is 0 Å². The van der Waals surface area contributed by atoms with Crippen molar-refractivity contribution < 1.29 is 14.7 Å². The minimum absolute atomic E-state index is 0.0737. The predicted molar refractivity (Wildman–Crippen MR) is 104 cm³/mol. The molecule has 2 aromatic heterocycles. The summed E-state index contributed by atoms with van der Waals surface area (Å²) in [6.45, 7) is 0. The molecule has 0 bridgehead atoms. The summed E-state index contributed by atoms with van der Waals surface area (Å²) in [5.41, 5.74) is 2.04. The monoisotopic (exact) mass is 404 g/mol. The number of anilines is 1. The Hall–Kier alpha value is -2.22. The molecule has 0 unspecified atom stereocenters. The average Bonchev–Trinajstić information content (AvgIpc) is 3.18. The standard InChI is InChI=1S/C18H13ClN2O3S2/c19-11-5-3-10(4-6-11)15-14(18(23)24)13(8-25-15)20-16(22)17-21-12(7-26-17)9-1-2-9/h3-9H,1-2H2,(H,20,22)(H,23,24). The van der Waals surface area contributed by atoms with Crippen molar-refractivity contribution in [1.82, 2.24) is 4.98 Å². The highest BCUT2D eigenvalue weighted by Gasteiger charge is 2.28. The second-order valence-electron chi connectivity index (χ2n) is 5.97. The summed E-state index contributed by atoms with van der Waals surface area (Å²) in [6, 6.07) is 6.93. The number of hydrogen-bond acceptors (Lipinski definition) is 5. The molecule has 0 atom stereocenters. The second-order valence-corrected chi connectivity index (χ2v) is 8.15. The van der Waals surface area contributed by atoms with Crippen LogP contribution in [0.2, 0.25) is 5.02 Å². The molecule has 1 aliphatic carbocycles. The molecule has 132 valence electrons. The van der Waals surface area contributed by atoms with E-state index in [0.717, 1.165) is 24.1 Å². The van der Waals surface area contributed by atoms with Crippen LogP contribution in [0.25, 0.3) is 10.4 Å². The quantitative estimate of drug-likeness (QED) is 0.600. The van der Waals surface area contributed by atoms with Crippen LogP contribution >= 0.6 is 34.3 Å². The summed E-state index contributed by atoms with van der Waals surface area (Å²) in [7, 11) is 0. The van der Waals surface area contributed by atoms with Gasteiger partial charge in [-0.25, -0.2) is 9.78 Å². The van der Waals surface area contributed by atoms with Gasteiger partial charge in [-0.1, -0.05) is 23.7 Å². The third-order valence-corrected chi connectivity index (χ3v) is 6.21. The number of aromatic nitrogens is 1. The number of carboxylic acid groups (broad SMARTS) is 1. The summed E-state index contributed by atoms with van der Waals surface area (Å²) in [4.78, 5) is 29.2. The zero-order chi connectivity index (χ0) is 18.3. The summed E-state index contributed by atoms with van der Waals surface area (Å²) < 4.78 is 0. The van der Waals surface area contributed by atoms with E-state index in [2.05, 4.69) is 10.3 Å². The smallest absolute Gasteiger partial charge is 0.339 e. The maximum absolute atomic E-state index is 12.5. The van der Waals surface area contributed by atoms with E-state index in [9.17, 15) is 14.7 Å². The number of hydrogen-bond donors (Lipinski definition) is 2. The van der Waals surface area contributed by atoms with Crippen LogP contribution in [0.1, 0.15) is 44.6 Å². The normalized spacial score (nSPS) is 13.6. The van der Waals surface area contributed by atoms with Gasteiger partial charge in [-0.3, -0.25) is 4.79 Å². The zero-order valence-electron chi connectivity index (χ0n) is 13.4. The molecule has 1 aliphatic rings. The van der Waals surface area contributed by atoms with Crippen molar-refractivity contribution in [1.29, 1.82) is 0 Å². The Bertz CT molecular complexity index is 990. The van der Waals surface area contributed by atoms with Crippen LogP contribution < -0.4 is 5.32 Å². The lowest BCUT2D eigenvalue weighted by atomic mass is 10.1. The minimum Gasteiger partial charge on any atom is -0.478 e. The number of nitrogens with one attached hydrogen (secondary N) is 1. The van der Waals surface area contributed by atoms with Gasteiger partial charge in [0.2, 0.25) is 0 Å². The number of thiophene rings is 1. The summed E-state index contributed by atoms with van der Waals surface area (Å²) in [5.74, 6) is -1.01. The lowest BCUT2D eigenvalue weighted by Crippen LogP contribution is -2.14. The van der Waals surface area contributed by atoms with Crippen LogP contribution in [-0.2, 0) is 0 Å². The number of benzene rings is 1. The van der Waals surface area contributed by atoms with Gasteiger partial charge in [-0.05, 0) is 30.5 Å². The lowest BCUT2D eigenvalue weighted by molar-refractivity contribution is 0.0699. The maximum atomic E-state index is 12.5. The fourth-order valence-corrected chi connectivity index (χ4v) is 4.53. The van der Waals surface area contributed by atoms with E-state index >= 15 is 0 Å². The molecule has 0 saturated heterocycles. The third-order valence-electron chi connectivity index (χ3n) is 4.07. The van der Waals surface area contributed by atoms with E-state index in [4.69, 9.17) is 11.6 Å². The molecule has 2 N–H and O–H groups in total. The van der Waals surface area contributed by atoms with E-state index in [1.54, 1.807) is 29.6 Å². The molecule has 3 aromatic rings. The lowest BCUT2D eigenvalue weighted by Gasteiger charge is -2.05. The molecular formula is C18H13ClN2O3S2. The number of carboxylic acids is 1. The van der Waals surface area contributed by atoms with Crippen molar-refractivity contribution in [2.24, 2.45) is 0 Å². The van der Waals surface area contributed by atoms with Gasteiger partial charge in [0.1, 0.15) is 5.56 Å². The fraction of sp³-hybridized carbons (Fsp3) is 0.167. The second kappa shape index (κ2) is 6.83. The van der Waals surface area contributed by atoms with E-state index in [1.807, 2.05) is 5.38 Å². The Morgan fingerprint density at radius 1 is 1.15 bits per heavy atom. The topological polar surface area (TPSA) is 79.3 Å². The number of aromatic carboxylic acids is 1. The fourth-order valence-electron chi connectivity index (χ4n) is 2.61. The molecule has 1 amide bonds. The van der Waals surface area contributed by atoms with Crippen molar-refractivity contribution >= 4 is 51.8 Å². The number of carbonyl (C=O) groups is 2. The molecule has 0 radical (unpaired) electrons. The van der Waals surface area contributed by atoms with Gasteiger partial charge in [0.25, 0.3) is 5.91 Å². The largest absolute Gasteiger partial charge is 0.478 e. The van der Waals surface area contributed by atoms with Crippen molar-refractivity contribution in [3.05, 3.63) is 56.3 Å². The van der Waals surface area contributed by atoms with Gasteiger partial charge in [-0.2, -0.15) is 0 Å². The van der Waals surface area contributed by atoms with Gasteiger partial charge < -0.3 is 10.4 Å². The van der Waals surface area contributed by atoms with E-state index in [1.165, 1.54) is 22.7 Å². The van der Waals surface area contributed by atoms with Crippen molar-refractivity contribution in [2.75, 3.05) is 5.32 Å². The Morgan fingerprint density at radius 2 is 1.88 bits per heavy atom. The van der Waals surface area contributed by atoms with E-state index in [0.29, 0.717) is 20.8 Å². The molecule has 1 saturated carbocycles. The first-order valence-electron chi connectivity index (χ1n) is 7.90. The van der Waals surface area contributed by atoms with Gasteiger partial charge >= 0.3 is 5.97 Å². The summed E-state index contributed by atoms with van der Waals surface area (Å²) in [5, 5.41) is 16.8. The molecule has 26 heavy (non-hydrogen) atoms. The number of thiazole rings is 1. The SMILES string of the molecule is O=C(Nc1csc(-c2ccc(Cl)cc2)c1C(=O)O)c1nc(C2CC2)cs1. The van der Waals surface area contributed by atoms with Crippen LogP contribution in [0.5, 0.6) is 0 Å². The first-order chi connectivity index (χ1) is 12.5. The first-order valence-corrected chi connectivity index (χ1v) is 10.0. The zero-order valence-corrected chi connectivity index (χ0v) is 15.7. The first kappa shape index (κ1) is 17.2. The molecular weight excluding hydrogens is 392 g/mol. The number of nitrogens with zero attached hydrogens (tertiary/aromatic N) is 1. The molecule has 2 heterocycles. The molecule has 0 spiro atoms. The number of rotatable bonds is 5. The number of halogens is 1. The van der Waals surface area contributed by atoms with Crippen LogP contribution in [-0.4, -0.2) is 22.0 Å². The molecule has 5 nitrogen and oxygen atoms in total. The van der Waals surface area contributed by atoms with Gasteiger partial charge in [-0.15, -0.1) is 22.7 Å². The summed E-state index contributed by atoms with van der Waals surface area (Å²) in [6.07, 6.45) is 2.23. The average molecular weight is 405 g/mol. The van der Waals surface area contributed by atoms with Crippen LogP contribution in [0.4, 0.5) is 5.69 Å². The molecule has 8 heteroatoms. The maximum Gasteiger partial charge on any atom is 0.339 e. The molecule has 4 rings (SSSR count). The Balaban J connectivity index is 1.62. The highest BCUT2D eigenvalue weighted by atomic mass is 35.5. The van der Waals surface area contributed by atoms with E-state index in [-0.39, 0.29) is 17.2 Å². The van der Waals surface area contributed by atoms with Gasteiger partial charge in [0, 0.05) is 21.7 Å². The van der Waals surface area contributed by atoms with Crippen molar-refractivity contribution in [3.63, 3.8) is 0 Å². The predicted octanol–water partition coefficient (Wildman–Crippen LogP) is 5.35. The van der Waals surface area contributed by atoms with Crippen molar-refractivity contribution in [3.8, 4) is 10.4 Å². The van der Waals surface area contributed by atoms with E-state index < -0.39 is 5.97 Å².